The molecular formula is C16H24N4O4. The fourth-order valence-electron chi connectivity index (χ4n) is 4.30. The number of ether oxygens (including phenoxy) is 1. The number of amides is 1. The van der Waals surface area contributed by atoms with Crippen LogP contribution < -0.4 is 5.32 Å². The van der Waals surface area contributed by atoms with E-state index in [0.717, 1.165) is 32.1 Å². The third-order valence-corrected chi connectivity index (χ3v) is 5.56. The molecule has 2 N–H and O–H groups in total. The molecule has 1 aromatic rings. The molecule has 1 heterocycles. The highest BCUT2D eigenvalue weighted by Gasteiger charge is 2.56. The molecule has 2 atom stereocenters. The Morgan fingerprint density at radius 2 is 2.17 bits per heavy atom. The number of aryl methyl sites for hydroxylation is 1. The number of carbonyl (C=O) groups excluding carboxylic acids is 1. The highest BCUT2D eigenvalue weighted by atomic mass is 16.6. The van der Waals surface area contributed by atoms with Crippen LogP contribution in [0.3, 0.4) is 0 Å². The third-order valence-electron chi connectivity index (χ3n) is 5.56. The summed E-state index contributed by atoms with van der Waals surface area (Å²) in [6.07, 6.45) is 6.48. The lowest BCUT2D eigenvalue weighted by atomic mass is 9.55. The van der Waals surface area contributed by atoms with E-state index in [4.69, 9.17) is 4.74 Å². The van der Waals surface area contributed by atoms with Gasteiger partial charge in [-0.1, -0.05) is 19.3 Å². The molecule has 24 heavy (non-hydrogen) atoms. The van der Waals surface area contributed by atoms with Crippen LogP contribution in [0.25, 0.3) is 0 Å². The molecule has 2 aliphatic rings. The zero-order valence-electron chi connectivity index (χ0n) is 14.1. The van der Waals surface area contributed by atoms with E-state index in [1.807, 2.05) is 6.92 Å². The molecule has 1 amide bonds. The van der Waals surface area contributed by atoms with Gasteiger partial charge in [-0.25, -0.2) is 0 Å². The average Bonchev–Trinajstić information content (AvgIpc) is 2.96. The van der Waals surface area contributed by atoms with Crippen LogP contribution in [0.2, 0.25) is 0 Å². The molecule has 0 bridgehead atoms. The fourth-order valence-corrected chi connectivity index (χ4v) is 4.30. The molecule has 0 saturated heterocycles. The van der Waals surface area contributed by atoms with Crippen molar-refractivity contribution in [2.24, 2.45) is 5.41 Å². The van der Waals surface area contributed by atoms with Crippen molar-refractivity contribution in [1.29, 1.82) is 0 Å². The van der Waals surface area contributed by atoms with Gasteiger partial charge in [0, 0.05) is 18.1 Å². The summed E-state index contributed by atoms with van der Waals surface area (Å²) in [7, 11) is 0. The SMILES string of the molecule is CCOC1CC(NC(=O)c2n[nH]c(C)c2[N+](=O)[O-])C12CCCCC2. The molecule has 2 aliphatic carbocycles. The molecule has 2 fully saturated rings. The van der Waals surface area contributed by atoms with Gasteiger partial charge in [-0.3, -0.25) is 20.0 Å². The van der Waals surface area contributed by atoms with E-state index in [1.165, 1.54) is 6.42 Å². The topological polar surface area (TPSA) is 110 Å². The summed E-state index contributed by atoms with van der Waals surface area (Å²) < 4.78 is 5.87. The van der Waals surface area contributed by atoms with Gasteiger partial charge >= 0.3 is 5.69 Å². The normalized spacial score (nSPS) is 25.2. The van der Waals surface area contributed by atoms with E-state index in [0.29, 0.717) is 12.3 Å². The maximum Gasteiger partial charge on any atom is 0.322 e. The first-order valence-electron chi connectivity index (χ1n) is 8.61. The van der Waals surface area contributed by atoms with E-state index in [2.05, 4.69) is 15.5 Å². The van der Waals surface area contributed by atoms with Crippen LogP contribution in [-0.2, 0) is 4.74 Å². The average molecular weight is 336 g/mol. The van der Waals surface area contributed by atoms with Crippen LogP contribution >= 0.6 is 0 Å². The summed E-state index contributed by atoms with van der Waals surface area (Å²) >= 11 is 0. The number of nitrogens with one attached hydrogen (secondary N) is 2. The smallest absolute Gasteiger partial charge is 0.322 e. The number of hydrogen-bond acceptors (Lipinski definition) is 5. The summed E-state index contributed by atoms with van der Waals surface area (Å²) in [6, 6.07) is -0.00143. The van der Waals surface area contributed by atoms with Crippen molar-refractivity contribution in [3.8, 4) is 0 Å². The van der Waals surface area contributed by atoms with Gasteiger partial charge in [0.05, 0.1) is 11.0 Å². The number of H-pyrrole nitrogens is 1. The van der Waals surface area contributed by atoms with Crippen LogP contribution in [0.15, 0.2) is 0 Å². The minimum absolute atomic E-state index is 0.00143. The molecule has 2 saturated carbocycles. The monoisotopic (exact) mass is 336 g/mol. The van der Waals surface area contributed by atoms with Crippen molar-refractivity contribution in [2.75, 3.05) is 6.61 Å². The Morgan fingerprint density at radius 3 is 2.79 bits per heavy atom. The zero-order valence-corrected chi connectivity index (χ0v) is 14.1. The molecule has 2 unspecified atom stereocenters. The number of carbonyl (C=O) groups is 1. The number of aromatic amines is 1. The van der Waals surface area contributed by atoms with Crippen LogP contribution in [0, 0.1) is 22.5 Å². The highest BCUT2D eigenvalue weighted by Crippen LogP contribution is 2.53. The summed E-state index contributed by atoms with van der Waals surface area (Å²) in [6.45, 7) is 4.19. The van der Waals surface area contributed by atoms with E-state index in [-0.39, 0.29) is 28.9 Å². The van der Waals surface area contributed by atoms with Gasteiger partial charge in [-0.05, 0) is 33.1 Å². The molecule has 1 aromatic heterocycles. The predicted octanol–water partition coefficient (Wildman–Crippen LogP) is 2.48. The third kappa shape index (κ3) is 2.68. The van der Waals surface area contributed by atoms with Crippen molar-refractivity contribution in [3.63, 3.8) is 0 Å². The Morgan fingerprint density at radius 1 is 1.46 bits per heavy atom. The molecule has 0 aromatic carbocycles. The van der Waals surface area contributed by atoms with Gasteiger partial charge in [0.15, 0.2) is 0 Å². The first-order chi connectivity index (χ1) is 11.5. The number of nitro groups is 1. The first-order valence-corrected chi connectivity index (χ1v) is 8.61. The number of aromatic nitrogens is 2. The lowest BCUT2D eigenvalue weighted by Crippen LogP contribution is -2.65. The minimum atomic E-state index is -0.562. The molecule has 0 aliphatic heterocycles. The lowest BCUT2D eigenvalue weighted by molar-refractivity contribution is -0.385. The van der Waals surface area contributed by atoms with E-state index in [1.54, 1.807) is 6.92 Å². The highest BCUT2D eigenvalue weighted by molar-refractivity contribution is 5.96. The molecular weight excluding hydrogens is 312 g/mol. The van der Waals surface area contributed by atoms with Gasteiger partial charge in [-0.2, -0.15) is 5.10 Å². The maximum atomic E-state index is 12.5. The summed E-state index contributed by atoms with van der Waals surface area (Å²) in [4.78, 5) is 23.1. The van der Waals surface area contributed by atoms with Gasteiger partial charge < -0.3 is 10.1 Å². The van der Waals surface area contributed by atoms with Gasteiger partial charge in [0.2, 0.25) is 5.69 Å². The Hall–Kier alpha value is -1.96. The lowest BCUT2D eigenvalue weighted by Gasteiger charge is -2.57. The van der Waals surface area contributed by atoms with Crippen molar-refractivity contribution < 1.29 is 14.5 Å². The Bertz CT molecular complexity index is 636. The van der Waals surface area contributed by atoms with E-state index in [9.17, 15) is 14.9 Å². The Kier molecular flexibility index (Phi) is 4.58. The molecule has 0 radical (unpaired) electrons. The molecule has 8 nitrogen and oxygen atoms in total. The van der Waals surface area contributed by atoms with Crippen LogP contribution in [0.5, 0.6) is 0 Å². The van der Waals surface area contributed by atoms with Crippen molar-refractivity contribution >= 4 is 11.6 Å². The number of nitrogens with zero attached hydrogens (tertiary/aromatic N) is 2. The molecule has 1 spiro atoms. The summed E-state index contributed by atoms with van der Waals surface area (Å²) in [5.41, 5.74) is -0.114. The van der Waals surface area contributed by atoms with Crippen LogP contribution in [-0.4, -0.2) is 39.8 Å². The number of rotatable bonds is 5. The van der Waals surface area contributed by atoms with Crippen molar-refractivity contribution in [3.05, 3.63) is 21.5 Å². The second-order valence-electron chi connectivity index (χ2n) is 6.80. The van der Waals surface area contributed by atoms with Gasteiger partial charge in [0.25, 0.3) is 5.91 Å². The second kappa shape index (κ2) is 6.51. The molecule has 3 rings (SSSR count). The Labute approximate surface area is 140 Å². The number of hydrogen-bond donors (Lipinski definition) is 2. The Balaban J connectivity index is 1.76. The fraction of sp³-hybridized carbons (Fsp3) is 0.750. The summed E-state index contributed by atoms with van der Waals surface area (Å²) in [5, 5.41) is 20.5. The standard InChI is InChI=1S/C16H24N4O4/c1-3-24-12-9-11(16(12)7-5-4-6-8-16)17-15(21)13-14(20(22)23)10(2)18-19-13/h11-12H,3-9H2,1-2H3,(H,17,21)(H,18,19). The first kappa shape index (κ1) is 16.9. The van der Waals surface area contributed by atoms with Gasteiger partial charge in [0.1, 0.15) is 5.69 Å². The van der Waals surface area contributed by atoms with Crippen molar-refractivity contribution in [1.82, 2.24) is 15.5 Å². The van der Waals surface area contributed by atoms with Crippen molar-refractivity contribution in [2.45, 2.75) is 64.5 Å². The molecule has 8 heteroatoms. The van der Waals surface area contributed by atoms with Gasteiger partial charge in [-0.15, -0.1) is 0 Å². The predicted molar refractivity (Wildman–Crippen MR) is 86.8 cm³/mol. The zero-order chi connectivity index (χ0) is 17.3. The quantitative estimate of drug-likeness (QED) is 0.634. The summed E-state index contributed by atoms with van der Waals surface area (Å²) in [5.74, 6) is -0.476. The minimum Gasteiger partial charge on any atom is -0.378 e. The van der Waals surface area contributed by atoms with E-state index >= 15 is 0 Å². The molecule has 132 valence electrons. The van der Waals surface area contributed by atoms with E-state index < -0.39 is 10.8 Å². The van der Waals surface area contributed by atoms with Crippen LogP contribution in [0.4, 0.5) is 5.69 Å². The largest absolute Gasteiger partial charge is 0.378 e. The maximum absolute atomic E-state index is 12.5. The second-order valence-corrected chi connectivity index (χ2v) is 6.80. The van der Waals surface area contributed by atoms with Crippen LogP contribution in [0.1, 0.15) is 61.6 Å².